The first-order chi connectivity index (χ1) is 10.1. The predicted molar refractivity (Wildman–Crippen MR) is 89.4 cm³/mol. The van der Waals surface area contributed by atoms with E-state index in [4.69, 9.17) is 0 Å². The van der Waals surface area contributed by atoms with E-state index in [9.17, 15) is 4.21 Å². The second-order valence-electron chi connectivity index (χ2n) is 5.81. The maximum atomic E-state index is 11.2. The lowest BCUT2D eigenvalue weighted by molar-refractivity contribution is 0.678. The van der Waals surface area contributed by atoms with Crippen molar-refractivity contribution in [3.63, 3.8) is 0 Å². The minimum Gasteiger partial charge on any atom is -0.370 e. The number of hydrogen-bond donors (Lipinski definition) is 2. The van der Waals surface area contributed by atoms with Gasteiger partial charge in [-0.25, -0.2) is 9.97 Å². The molecule has 5 nitrogen and oxygen atoms in total. The third kappa shape index (κ3) is 5.61. The average molecular weight is 310 g/mol. The molecule has 2 rings (SSSR count). The van der Waals surface area contributed by atoms with Crippen LogP contribution in [-0.2, 0) is 10.8 Å². The Labute approximate surface area is 129 Å². The molecule has 0 amide bonds. The van der Waals surface area contributed by atoms with Gasteiger partial charge >= 0.3 is 0 Å². The third-order valence-electron chi connectivity index (χ3n) is 3.47. The number of hydrogen-bond acceptors (Lipinski definition) is 5. The van der Waals surface area contributed by atoms with Gasteiger partial charge in [0.1, 0.15) is 17.5 Å². The third-order valence-corrected chi connectivity index (χ3v) is 4.29. The van der Waals surface area contributed by atoms with Gasteiger partial charge in [-0.05, 0) is 32.6 Å². The van der Waals surface area contributed by atoms with Crippen LogP contribution in [0.25, 0.3) is 0 Å². The quantitative estimate of drug-likeness (QED) is 0.734. The van der Waals surface area contributed by atoms with Crippen molar-refractivity contribution in [3.8, 4) is 0 Å². The van der Waals surface area contributed by atoms with E-state index < -0.39 is 10.8 Å². The van der Waals surface area contributed by atoms with Crippen LogP contribution >= 0.6 is 0 Å². The minimum absolute atomic E-state index is 0.259. The van der Waals surface area contributed by atoms with Crippen molar-refractivity contribution >= 4 is 22.4 Å². The molecule has 1 aliphatic rings. The Kier molecular flexibility index (Phi) is 5.96. The summed E-state index contributed by atoms with van der Waals surface area (Å²) < 4.78 is 11.2. The van der Waals surface area contributed by atoms with E-state index in [0.717, 1.165) is 42.6 Å². The van der Waals surface area contributed by atoms with Crippen LogP contribution in [0.2, 0.25) is 0 Å². The molecule has 1 fully saturated rings. The Bertz CT molecular complexity index is 491. The zero-order valence-electron chi connectivity index (χ0n) is 13.2. The number of rotatable bonds is 9. The van der Waals surface area contributed by atoms with Crippen molar-refractivity contribution in [2.75, 3.05) is 29.2 Å². The number of nitrogens with one attached hydrogen (secondary N) is 2. The molecule has 0 spiro atoms. The molecule has 0 aromatic carbocycles. The van der Waals surface area contributed by atoms with Gasteiger partial charge in [0.15, 0.2) is 0 Å². The highest BCUT2D eigenvalue weighted by molar-refractivity contribution is 7.84. The van der Waals surface area contributed by atoms with Gasteiger partial charge in [0, 0.05) is 47.4 Å². The molecule has 21 heavy (non-hydrogen) atoms. The standard InChI is InChI=1S/C15H26N4OS/c1-4-8-16-13-10-14(17-11(2)7-9-21(3)20)19-15(18-13)12-5-6-12/h10-12H,4-9H2,1-3H3,(H2,16,17,18,19). The molecule has 2 N–H and O–H groups in total. The summed E-state index contributed by atoms with van der Waals surface area (Å²) in [5, 5.41) is 6.75. The molecule has 6 heteroatoms. The van der Waals surface area contributed by atoms with Gasteiger partial charge in [-0.2, -0.15) is 0 Å². The Hall–Kier alpha value is -1.17. The van der Waals surface area contributed by atoms with Crippen molar-refractivity contribution in [1.82, 2.24) is 9.97 Å². The number of anilines is 2. The SMILES string of the molecule is CCCNc1cc(NC(C)CCS(C)=O)nc(C2CC2)n1. The van der Waals surface area contributed by atoms with Crippen molar-refractivity contribution in [2.45, 2.75) is 51.5 Å². The lowest BCUT2D eigenvalue weighted by Gasteiger charge is -2.16. The van der Waals surface area contributed by atoms with Crippen LogP contribution < -0.4 is 10.6 Å². The second kappa shape index (κ2) is 7.73. The van der Waals surface area contributed by atoms with Crippen LogP contribution in [0.15, 0.2) is 6.07 Å². The molecule has 0 radical (unpaired) electrons. The van der Waals surface area contributed by atoms with Crippen molar-refractivity contribution < 1.29 is 4.21 Å². The Morgan fingerprint density at radius 2 is 2.10 bits per heavy atom. The Morgan fingerprint density at radius 1 is 1.38 bits per heavy atom. The van der Waals surface area contributed by atoms with Gasteiger partial charge in [0.2, 0.25) is 0 Å². The van der Waals surface area contributed by atoms with Gasteiger partial charge in [-0.1, -0.05) is 6.92 Å². The summed E-state index contributed by atoms with van der Waals surface area (Å²) in [4.78, 5) is 9.24. The molecule has 0 bridgehead atoms. The monoisotopic (exact) mass is 310 g/mol. The summed E-state index contributed by atoms with van der Waals surface area (Å²) in [7, 11) is -0.740. The fraction of sp³-hybridized carbons (Fsp3) is 0.733. The summed E-state index contributed by atoms with van der Waals surface area (Å²) >= 11 is 0. The molecule has 1 aliphatic carbocycles. The molecule has 2 unspecified atom stereocenters. The summed E-state index contributed by atoms with van der Waals surface area (Å²) in [5.41, 5.74) is 0. The largest absolute Gasteiger partial charge is 0.370 e. The molecular formula is C15H26N4OS. The minimum atomic E-state index is -0.740. The van der Waals surface area contributed by atoms with E-state index >= 15 is 0 Å². The highest BCUT2D eigenvalue weighted by Crippen LogP contribution is 2.38. The van der Waals surface area contributed by atoms with E-state index in [0.29, 0.717) is 5.92 Å². The van der Waals surface area contributed by atoms with E-state index in [1.165, 1.54) is 12.8 Å². The zero-order valence-corrected chi connectivity index (χ0v) is 14.0. The Balaban J connectivity index is 2.02. The van der Waals surface area contributed by atoms with Crippen molar-refractivity contribution in [1.29, 1.82) is 0 Å². The molecule has 1 aromatic rings. The fourth-order valence-corrected chi connectivity index (χ4v) is 2.76. The average Bonchev–Trinajstić information content (AvgIpc) is 3.27. The van der Waals surface area contributed by atoms with E-state index in [-0.39, 0.29) is 6.04 Å². The van der Waals surface area contributed by atoms with Crippen LogP contribution in [0.3, 0.4) is 0 Å². The van der Waals surface area contributed by atoms with Gasteiger partial charge < -0.3 is 10.6 Å². The first-order valence-corrected chi connectivity index (χ1v) is 9.50. The van der Waals surface area contributed by atoms with Crippen LogP contribution in [0, 0.1) is 0 Å². The second-order valence-corrected chi connectivity index (χ2v) is 7.36. The smallest absolute Gasteiger partial charge is 0.136 e. The van der Waals surface area contributed by atoms with Crippen molar-refractivity contribution in [2.24, 2.45) is 0 Å². The molecule has 1 saturated carbocycles. The van der Waals surface area contributed by atoms with E-state index in [1.54, 1.807) is 6.26 Å². The van der Waals surface area contributed by atoms with Gasteiger partial charge in [-0.3, -0.25) is 4.21 Å². The maximum absolute atomic E-state index is 11.2. The van der Waals surface area contributed by atoms with Crippen LogP contribution in [-0.4, -0.2) is 38.8 Å². The number of aromatic nitrogens is 2. The molecule has 0 aliphatic heterocycles. The zero-order chi connectivity index (χ0) is 15.2. The van der Waals surface area contributed by atoms with Gasteiger partial charge in [0.25, 0.3) is 0 Å². The van der Waals surface area contributed by atoms with Crippen LogP contribution in [0.4, 0.5) is 11.6 Å². The topological polar surface area (TPSA) is 66.9 Å². The van der Waals surface area contributed by atoms with Gasteiger partial charge in [-0.15, -0.1) is 0 Å². The summed E-state index contributed by atoms with van der Waals surface area (Å²) in [6, 6.07) is 2.23. The normalized spacial score (nSPS) is 17.3. The predicted octanol–water partition coefficient (Wildman–Crippen LogP) is 2.74. The van der Waals surface area contributed by atoms with E-state index in [2.05, 4.69) is 34.4 Å². The molecular weight excluding hydrogens is 284 g/mol. The first-order valence-electron chi connectivity index (χ1n) is 7.78. The Morgan fingerprint density at radius 3 is 2.71 bits per heavy atom. The lowest BCUT2D eigenvalue weighted by Crippen LogP contribution is -2.19. The van der Waals surface area contributed by atoms with Crippen LogP contribution in [0.5, 0.6) is 0 Å². The first kappa shape index (κ1) is 16.2. The molecule has 1 heterocycles. The summed E-state index contributed by atoms with van der Waals surface area (Å²) in [5.74, 6) is 3.98. The summed E-state index contributed by atoms with van der Waals surface area (Å²) in [6.07, 6.45) is 6.09. The van der Waals surface area contributed by atoms with E-state index in [1.807, 2.05) is 6.07 Å². The molecule has 1 aromatic heterocycles. The summed E-state index contributed by atoms with van der Waals surface area (Å²) in [6.45, 7) is 5.16. The van der Waals surface area contributed by atoms with Crippen molar-refractivity contribution in [3.05, 3.63) is 11.9 Å². The fourth-order valence-electron chi connectivity index (χ4n) is 2.07. The molecule has 118 valence electrons. The highest BCUT2D eigenvalue weighted by Gasteiger charge is 2.27. The highest BCUT2D eigenvalue weighted by atomic mass is 32.2. The molecule has 0 saturated heterocycles. The van der Waals surface area contributed by atoms with Crippen LogP contribution in [0.1, 0.15) is 51.3 Å². The molecule has 2 atom stereocenters. The maximum Gasteiger partial charge on any atom is 0.136 e. The number of nitrogens with zero attached hydrogens (tertiary/aromatic N) is 2. The van der Waals surface area contributed by atoms with Gasteiger partial charge in [0.05, 0.1) is 0 Å². The lowest BCUT2D eigenvalue weighted by atomic mass is 10.2.